The van der Waals surface area contributed by atoms with Crippen molar-refractivity contribution in [2.45, 2.75) is 31.9 Å². The predicted molar refractivity (Wildman–Crippen MR) is 44.2 cm³/mol. The molecule has 15 heavy (non-hydrogen) atoms. The van der Waals surface area contributed by atoms with Gasteiger partial charge in [-0.1, -0.05) is 6.42 Å². The van der Waals surface area contributed by atoms with Crippen molar-refractivity contribution in [2.24, 2.45) is 17.8 Å². The summed E-state index contributed by atoms with van der Waals surface area (Å²) in [6, 6.07) is 0. The number of hydrogen-bond donors (Lipinski definition) is 0. The Morgan fingerprint density at radius 2 is 1.67 bits per heavy atom. The summed E-state index contributed by atoms with van der Waals surface area (Å²) >= 11 is 0. The highest BCUT2D eigenvalue weighted by Gasteiger charge is 2.46. The number of hydrogen-bond acceptors (Lipinski definition) is 0. The normalized spacial score (nSPS) is 37.0. The smallest absolute Gasteiger partial charge is 0.208 e. The van der Waals surface area contributed by atoms with E-state index in [1.54, 1.807) is 0 Å². The first-order valence-corrected chi connectivity index (χ1v) is 5.02. The highest BCUT2D eigenvalue weighted by atomic mass is 19.4. The molecule has 0 heterocycles. The van der Waals surface area contributed by atoms with Gasteiger partial charge in [0.25, 0.3) is 0 Å². The van der Waals surface area contributed by atoms with Crippen LogP contribution in [-0.2, 0) is 0 Å². The van der Waals surface area contributed by atoms with Gasteiger partial charge in [0, 0.05) is 5.92 Å². The van der Waals surface area contributed by atoms with Crippen LogP contribution < -0.4 is 0 Å². The Hall–Kier alpha value is -0.610. The molecule has 0 N–H and O–H groups in total. The van der Waals surface area contributed by atoms with Crippen molar-refractivity contribution in [2.75, 3.05) is 0 Å². The van der Waals surface area contributed by atoms with Crippen molar-refractivity contribution < 1.29 is 22.0 Å². The molecule has 0 unspecified atom stereocenters. The van der Waals surface area contributed by atoms with E-state index >= 15 is 0 Å². The maximum atomic E-state index is 13.2. The maximum absolute atomic E-state index is 13.2. The highest BCUT2D eigenvalue weighted by Crippen LogP contribution is 2.52. The Morgan fingerprint density at radius 3 is 2.07 bits per heavy atom. The van der Waals surface area contributed by atoms with E-state index in [2.05, 4.69) is 0 Å². The van der Waals surface area contributed by atoms with Gasteiger partial charge in [-0.15, -0.1) is 0 Å². The second-order valence-electron chi connectivity index (χ2n) is 4.44. The monoisotopic (exact) mass is 226 g/mol. The molecule has 3 atom stereocenters. The van der Waals surface area contributed by atoms with Gasteiger partial charge in [-0.3, -0.25) is 0 Å². The number of allylic oxidation sites excluding steroid dienone is 2. The summed E-state index contributed by atoms with van der Waals surface area (Å²) in [6.07, 6.45) is -2.37. The van der Waals surface area contributed by atoms with E-state index in [0.717, 1.165) is 19.3 Å². The van der Waals surface area contributed by atoms with Gasteiger partial charge in [0.2, 0.25) is 5.83 Å². The SMILES string of the molecule is F/C(=C(\F)C(F)(F)F)[C@@H]1C[C@H]2CC[C@@H]1C2. The van der Waals surface area contributed by atoms with Crippen molar-refractivity contribution >= 4 is 0 Å². The first-order valence-electron chi connectivity index (χ1n) is 5.02. The number of halogens is 5. The third-order valence-corrected chi connectivity index (χ3v) is 3.52. The number of fused-ring (bicyclic) bond motifs is 2. The summed E-state index contributed by atoms with van der Waals surface area (Å²) in [5, 5.41) is 0. The van der Waals surface area contributed by atoms with Gasteiger partial charge in [-0.2, -0.15) is 17.6 Å². The molecule has 0 saturated heterocycles. The second kappa shape index (κ2) is 3.46. The van der Waals surface area contributed by atoms with E-state index in [1.807, 2.05) is 0 Å². The van der Waals surface area contributed by atoms with E-state index in [1.165, 1.54) is 0 Å². The zero-order valence-corrected chi connectivity index (χ0v) is 7.95. The van der Waals surface area contributed by atoms with E-state index in [4.69, 9.17) is 0 Å². The van der Waals surface area contributed by atoms with Crippen LogP contribution in [0.3, 0.4) is 0 Å². The lowest BCUT2D eigenvalue weighted by atomic mass is 9.87. The van der Waals surface area contributed by atoms with Crippen molar-refractivity contribution in [3.05, 3.63) is 11.7 Å². The molecule has 0 spiro atoms. The van der Waals surface area contributed by atoms with E-state index in [0.29, 0.717) is 12.3 Å². The molecular weight excluding hydrogens is 215 g/mol. The fourth-order valence-corrected chi connectivity index (χ4v) is 2.85. The number of rotatable bonds is 1. The van der Waals surface area contributed by atoms with Crippen LogP contribution in [-0.4, -0.2) is 6.18 Å². The molecule has 5 heteroatoms. The molecule has 2 bridgehead atoms. The van der Waals surface area contributed by atoms with E-state index in [-0.39, 0.29) is 5.92 Å². The Kier molecular flexibility index (Phi) is 2.51. The maximum Gasteiger partial charge on any atom is 0.445 e. The van der Waals surface area contributed by atoms with Gasteiger partial charge in [-0.05, 0) is 31.1 Å². The van der Waals surface area contributed by atoms with Crippen molar-refractivity contribution in [1.82, 2.24) is 0 Å². The molecule has 86 valence electrons. The average Bonchev–Trinajstić information content (AvgIpc) is 2.74. The Morgan fingerprint density at radius 1 is 1.00 bits per heavy atom. The van der Waals surface area contributed by atoms with Crippen molar-refractivity contribution in [1.29, 1.82) is 0 Å². The zero-order valence-electron chi connectivity index (χ0n) is 7.95. The standard InChI is InChI=1S/C10H11F5/c11-8(9(12)10(13,14)15)7-4-5-1-2-6(7)3-5/h5-7H,1-4H2/b9-8-/t5-,6+,7+/m0/s1. The van der Waals surface area contributed by atoms with Gasteiger partial charge in [0.1, 0.15) is 5.83 Å². The minimum Gasteiger partial charge on any atom is -0.208 e. The first kappa shape index (κ1) is 10.9. The first-order chi connectivity index (χ1) is 6.89. The third kappa shape index (κ3) is 1.88. The van der Waals surface area contributed by atoms with Crippen LogP contribution in [0.5, 0.6) is 0 Å². The lowest BCUT2D eigenvalue weighted by Gasteiger charge is -2.20. The lowest BCUT2D eigenvalue weighted by molar-refractivity contribution is -0.112. The minimum absolute atomic E-state index is 0.0805. The molecule has 2 aliphatic carbocycles. The highest BCUT2D eigenvalue weighted by molar-refractivity contribution is 5.13. The Balaban J connectivity index is 2.18. The summed E-state index contributed by atoms with van der Waals surface area (Å²) < 4.78 is 61.7. The summed E-state index contributed by atoms with van der Waals surface area (Å²) in [5.74, 6) is -4.71. The summed E-state index contributed by atoms with van der Waals surface area (Å²) in [5.41, 5.74) is 0. The molecule has 0 amide bonds. The Labute approximate surface area is 84.2 Å². The van der Waals surface area contributed by atoms with Crippen LogP contribution in [0.15, 0.2) is 11.7 Å². The van der Waals surface area contributed by atoms with Crippen LogP contribution >= 0.6 is 0 Å². The predicted octanol–water partition coefficient (Wildman–Crippen LogP) is 4.14. The van der Waals surface area contributed by atoms with Crippen LogP contribution in [0.4, 0.5) is 22.0 Å². The van der Waals surface area contributed by atoms with Gasteiger partial charge < -0.3 is 0 Å². The molecule has 0 aromatic rings. The number of alkyl halides is 3. The van der Waals surface area contributed by atoms with Crippen LogP contribution in [0.1, 0.15) is 25.7 Å². The van der Waals surface area contributed by atoms with Crippen LogP contribution in [0.25, 0.3) is 0 Å². The summed E-state index contributed by atoms with van der Waals surface area (Å²) in [6.45, 7) is 0. The molecule has 0 radical (unpaired) electrons. The molecule has 0 aliphatic heterocycles. The quantitative estimate of drug-likeness (QED) is 0.589. The van der Waals surface area contributed by atoms with Gasteiger partial charge in [0.05, 0.1) is 0 Å². The average molecular weight is 226 g/mol. The minimum atomic E-state index is -5.17. The second-order valence-corrected chi connectivity index (χ2v) is 4.44. The van der Waals surface area contributed by atoms with Crippen molar-refractivity contribution in [3.8, 4) is 0 Å². The van der Waals surface area contributed by atoms with E-state index < -0.39 is 23.7 Å². The molecule has 0 aromatic heterocycles. The fraction of sp³-hybridized carbons (Fsp3) is 0.800. The molecule has 2 aliphatic rings. The van der Waals surface area contributed by atoms with E-state index in [9.17, 15) is 22.0 Å². The largest absolute Gasteiger partial charge is 0.445 e. The summed E-state index contributed by atoms with van der Waals surface area (Å²) in [7, 11) is 0. The molecule has 0 aromatic carbocycles. The van der Waals surface area contributed by atoms with Gasteiger partial charge in [-0.25, -0.2) is 4.39 Å². The molecule has 2 rings (SSSR count). The van der Waals surface area contributed by atoms with Gasteiger partial charge in [0.15, 0.2) is 0 Å². The van der Waals surface area contributed by atoms with Crippen LogP contribution in [0, 0.1) is 17.8 Å². The summed E-state index contributed by atoms with van der Waals surface area (Å²) in [4.78, 5) is 0. The molecule has 0 nitrogen and oxygen atoms in total. The lowest BCUT2D eigenvalue weighted by Crippen LogP contribution is -2.17. The molecule has 2 saturated carbocycles. The topological polar surface area (TPSA) is 0 Å². The van der Waals surface area contributed by atoms with Crippen LogP contribution in [0.2, 0.25) is 0 Å². The molecular formula is C10H11F5. The molecule has 2 fully saturated rings. The third-order valence-electron chi connectivity index (χ3n) is 3.52. The zero-order chi connectivity index (χ0) is 11.2. The van der Waals surface area contributed by atoms with Crippen molar-refractivity contribution in [3.63, 3.8) is 0 Å². The fourth-order valence-electron chi connectivity index (χ4n) is 2.85. The Bertz CT molecular complexity index is 291. The van der Waals surface area contributed by atoms with Gasteiger partial charge >= 0.3 is 6.18 Å².